The van der Waals surface area contributed by atoms with Crippen molar-refractivity contribution in [3.63, 3.8) is 0 Å². The predicted octanol–water partition coefficient (Wildman–Crippen LogP) is 3.35. The second-order valence-electron chi connectivity index (χ2n) is 2.40. The van der Waals surface area contributed by atoms with Crippen LogP contribution < -0.4 is 5.32 Å². The van der Waals surface area contributed by atoms with Crippen LogP contribution in [0.25, 0.3) is 0 Å². The smallest absolute Gasteiger partial charge is 0.146 e. The molecule has 2 unspecified atom stereocenters. The molecule has 1 heterocycles. The van der Waals surface area contributed by atoms with Crippen molar-refractivity contribution in [1.29, 1.82) is 0 Å². The van der Waals surface area contributed by atoms with Gasteiger partial charge in [-0.15, -0.1) is 0 Å². The minimum absolute atomic E-state index is 0.0372. The van der Waals surface area contributed by atoms with Crippen molar-refractivity contribution < 1.29 is 9.18 Å². The fraction of sp³-hybridized carbons (Fsp3) is 0.917. The third-order valence-corrected chi connectivity index (χ3v) is 1.57. The van der Waals surface area contributed by atoms with Crippen LogP contribution in [0.15, 0.2) is 0 Å². The fourth-order valence-electron chi connectivity index (χ4n) is 1.00. The van der Waals surface area contributed by atoms with Gasteiger partial charge in [0.25, 0.3) is 0 Å². The molecule has 94 valence electrons. The minimum atomic E-state index is -0.820. The molecule has 0 spiro atoms. The topological polar surface area (TPSA) is 29.1 Å². The lowest BCUT2D eigenvalue weighted by Crippen LogP contribution is -2.28. The van der Waals surface area contributed by atoms with Gasteiger partial charge in [0, 0.05) is 13.0 Å². The number of Topliss-reactive ketones (excluding diaryl/α,β-unsaturated/α-hetero) is 1. The highest BCUT2D eigenvalue weighted by molar-refractivity contribution is 5.81. The van der Waals surface area contributed by atoms with Crippen molar-refractivity contribution in [2.45, 2.75) is 67.1 Å². The summed E-state index contributed by atoms with van der Waals surface area (Å²) >= 11 is 0. The van der Waals surface area contributed by atoms with Crippen molar-refractivity contribution in [2.75, 3.05) is 6.54 Å². The summed E-state index contributed by atoms with van der Waals surface area (Å²) in [7, 11) is 0. The third kappa shape index (κ3) is 11.5. The Kier molecular flexibility index (Phi) is 21.4. The number of carbonyl (C=O) groups excluding carboxylic acids is 1. The Hall–Kier alpha value is -0.440. The molecular formula is C12H28FNO. The van der Waals surface area contributed by atoms with Gasteiger partial charge in [0.2, 0.25) is 0 Å². The lowest BCUT2D eigenvalue weighted by molar-refractivity contribution is -0.118. The number of nitrogens with one attached hydrogen (secondary N) is 1. The Morgan fingerprint density at radius 2 is 1.53 bits per heavy atom. The van der Waals surface area contributed by atoms with Crippen molar-refractivity contribution in [2.24, 2.45) is 0 Å². The Labute approximate surface area is 94.6 Å². The van der Waals surface area contributed by atoms with Crippen molar-refractivity contribution in [3.05, 3.63) is 0 Å². The Morgan fingerprint density at radius 1 is 1.13 bits per heavy atom. The van der Waals surface area contributed by atoms with E-state index in [1.807, 2.05) is 41.5 Å². The van der Waals surface area contributed by atoms with Crippen LogP contribution in [0.3, 0.4) is 0 Å². The monoisotopic (exact) mass is 221 g/mol. The van der Waals surface area contributed by atoms with Crippen LogP contribution in [0.5, 0.6) is 0 Å². The zero-order valence-corrected chi connectivity index (χ0v) is 11.4. The van der Waals surface area contributed by atoms with Crippen LogP contribution >= 0.6 is 0 Å². The quantitative estimate of drug-likeness (QED) is 0.735. The van der Waals surface area contributed by atoms with Crippen LogP contribution in [0, 0.1) is 0 Å². The van der Waals surface area contributed by atoms with Crippen molar-refractivity contribution >= 4 is 5.78 Å². The summed E-state index contributed by atoms with van der Waals surface area (Å²) in [6.07, 6.45) is -0.464. The standard InChI is InChI=1S/C6H10FNO.3C2H6/c1-4(9)6-2-5(7)3-8-6;3*1-2/h5-6,8H,2-3H2,1H3;3*1-2H3. The van der Waals surface area contributed by atoms with E-state index in [0.717, 1.165) is 0 Å². The highest BCUT2D eigenvalue weighted by Gasteiger charge is 2.26. The SMILES string of the molecule is CC.CC.CC.CC(=O)C1CC(F)CN1. The largest absolute Gasteiger partial charge is 0.304 e. The lowest BCUT2D eigenvalue weighted by Gasteiger charge is -2.01. The summed E-state index contributed by atoms with van der Waals surface area (Å²) < 4.78 is 12.3. The number of rotatable bonds is 1. The van der Waals surface area contributed by atoms with E-state index in [4.69, 9.17) is 0 Å². The van der Waals surface area contributed by atoms with Gasteiger partial charge in [0.15, 0.2) is 0 Å². The molecule has 1 aliphatic heterocycles. The van der Waals surface area contributed by atoms with Crippen LogP contribution in [-0.2, 0) is 4.79 Å². The van der Waals surface area contributed by atoms with Crippen molar-refractivity contribution in [1.82, 2.24) is 5.32 Å². The number of hydrogen-bond donors (Lipinski definition) is 1. The molecule has 0 aromatic carbocycles. The van der Waals surface area contributed by atoms with E-state index < -0.39 is 6.17 Å². The molecule has 1 fully saturated rings. The van der Waals surface area contributed by atoms with Crippen molar-refractivity contribution in [3.8, 4) is 0 Å². The molecule has 2 nitrogen and oxygen atoms in total. The number of alkyl halides is 1. The number of ketones is 1. The van der Waals surface area contributed by atoms with E-state index in [9.17, 15) is 9.18 Å². The van der Waals surface area contributed by atoms with E-state index in [1.54, 1.807) is 0 Å². The van der Waals surface area contributed by atoms with Gasteiger partial charge in [-0.1, -0.05) is 41.5 Å². The molecule has 0 bridgehead atoms. The average molecular weight is 221 g/mol. The van der Waals surface area contributed by atoms with E-state index >= 15 is 0 Å². The second-order valence-corrected chi connectivity index (χ2v) is 2.40. The minimum Gasteiger partial charge on any atom is -0.304 e. The van der Waals surface area contributed by atoms with Gasteiger partial charge in [-0.05, 0) is 6.92 Å². The van der Waals surface area contributed by atoms with Gasteiger partial charge in [-0.3, -0.25) is 4.79 Å². The Morgan fingerprint density at radius 3 is 1.67 bits per heavy atom. The first-order chi connectivity index (χ1) is 7.20. The van der Waals surface area contributed by atoms with E-state index in [1.165, 1.54) is 6.92 Å². The predicted molar refractivity (Wildman–Crippen MR) is 66.0 cm³/mol. The molecule has 0 radical (unpaired) electrons. The summed E-state index contributed by atoms with van der Waals surface area (Å²) in [5.74, 6) is 0.0372. The molecule has 1 rings (SSSR count). The molecule has 0 aromatic heterocycles. The summed E-state index contributed by atoms with van der Waals surface area (Å²) in [6, 6.07) is -0.222. The number of carbonyl (C=O) groups is 1. The number of halogens is 1. The van der Waals surface area contributed by atoms with Crippen LogP contribution in [0.4, 0.5) is 4.39 Å². The maximum atomic E-state index is 12.3. The molecule has 2 atom stereocenters. The Balaban J connectivity index is -0.000000208. The summed E-state index contributed by atoms with van der Waals surface area (Å²) in [4.78, 5) is 10.6. The summed E-state index contributed by atoms with van der Waals surface area (Å²) in [5.41, 5.74) is 0. The molecule has 1 aliphatic rings. The molecule has 15 heavy (non-hydrogen) atoms. The van der Waals surface area contributed by atoms with E-state index in [2.05, 4.69) is 5.32 Å². The van der Waals surface area contributed by atoms with E-state index in [0.29, 0.717) is 13.0 Å². The van der Waals surface area contributed by atoms with Crippen LogP contribution in [-0.4, -0.2) is 24.5 Å². The summed E-state index contributed by atoms with van der Waals surface area (Å²) in [5, 5.41) is 2.78. The molecular weight excluding hydrogens is 193 g/mol. The molecule has 3 heteroatoms. The van der Waals surface area contributed by atoms with Gasteiger partial charge in [-0.2, -0.15) is 0 Å². The zero-order valence-electron chi connectivity index (χ0n) is 11.4. The Bertz CT molecular complexity index is 129. The first-order valence-electron chi connectivity index (χ1n) is 6.08. The molecule has 1 saturated heterocycles. The highest BCUT2D eigenvalue weighted by Crippen LogP contribution is 2.09. The highest BCUT2D eigenvalue weighted by atomic mass is 19.1. The molecule has 0 aliphatic carbocycles. The average Bonchev–Trinajstić information content (AvgIpc) is 2.74. The molecule has 0 amide bonds. The third-order valence-electron chi connectivity index (χ3n) is 1.57. The second kappa shape index (κ2) is 16.0. The molecule has 0 aromatic rings. The normalized spacial score (nSPS) is 22.1. The fourth-order valence-corrected chi connectivity index (χ4v) is 1.00. The summed E-state index contributed by atoms with van der Waals surface area (Å²) in [6.45, 7) is 13.8. The molecule has 1 N–H and O–H groups in total. The van der Waals surface area contributed by atoms with Gasteiger partial charge in [-0.25, -0.2) is 4.39 Å². The van der Waals surface area contributed by atoms with Gasteiger partial charge >= 0.3 is 0 Å². The first-order valence-corrected chi connectivity index (χ1v) is 6.08. The lowest BCUT2D eigenvalue weighted by atomic mass is 10.1. The van der Waals surface area contributed by atoms with Crippen LogP contribution in [0.1, 0.15) is 54.9 Å². The number of hydrogen-bond acceptors (Lipinski definition) is 2. The van der Waals surface area contributed by atoms with Gasteiger partial charge in [0.1, 0.15) is 12.0 Å². The zero-order chi connectivity index (χ0) is 12.9. The maximum absolute atomic E-state index is 12.3. The molecule has 0 saturated carbocycles. The maximum Gasteiger partial charge on any atom is 0.146 e. The van der Waals surface area contributed by atoms with Crippen LogP contribution in [0.2, 0.25) is 0 Å². The first kappa shape index (κ1) is 20.0. The van der Waals surface area contributed by atoms with Gasteiger partial charge in [0.05, 0.1) is 6.04 Å². The van der Waals surface area contributed by atoms with Gasteiger partial charge < -0.3 is 5.32 Å². The van der Waals surface area contributed by atoms with E-state index in [-0.39, 0.29) is 11.8 Å².